The molecule has 0 aliphatic carbocycles. The van der Waals surface area contributed by atoms with Gasteiger partial charge in [0.15, 0.2) is 5.82 Å². The van der Waals surface area contributed by atoms with Crippen LogP contribution in [0.15, 0.2) is 30.7 Å². The third-order valence-electron chi connectivity index (χ3n) is 4.24. The lowest BCUT2D eigenvalue weighted by molar-refractivity contribution is 0.00578. The van der Waals surface area contributed by atoms with Gasteiger partial charge in [-0.2, -0.15) is 5.10 Å². The number of rotatable bonds is 2. The zero-order valence-electron chi connectivity index (χ0n) is 13.1. The molecule has 0 unspecified atom stereocenters. The molecule has 0 amide bonds. The normalized spacial score (nSPS) is 20.0. The molecule has 0 spiro atoms. The third-order valence-corrected chi connectivity index (χ3v) is 4.24. The van der Waals surface area contributed by atoms with Crippen molar-refractivity contribution in [3.8, 4) is 5.82 Å². The number of aryl methyl sites for hydroxylation is 1. The van der Waals surface area contributed by atoms with Crippen molar-refractivity contribution >= 4 is 12.6 Å². The first-order valence-corrected chi connectivity index (χ1v) is 7.12. The van der Waals surface area contributed by atoms with Gasteiger partial charge in [-0.3, -0.25) is 0 Å². The Balaban J connectivity index is 1.83. The molecule has 110 valence electrons. The van der Waals surface area contributed by atoms with E-state index in [0.29, 0.717) is 0 Å². The molecule has 3 heterocycles. The summed E-state index contributed by atoms with van der Waals surface area (Å²) in [7, 11) is -0.379. The molecule has 0 atom stereocenters. The molecule has 1 fully saturated rings. The maximum Gasteiger partial charge on any atom is 0.496 e. The number of pyridine rings is 1. The van der Waals surface area contributed by atoms with Crippen LogP contribution in [0, 0.1) is 6.92 Å². The molecular weight excluding hydrogens is 265 g/mol. The molecule has 1 saturated heterocycles. The van der Waals surface area contributed by atoms with E-state index in [1.54, 1.807) is 10.9 Å². The molecule has 0 radical (unpaired) electrons. The van der Waals surface area contributed by atoms with Gasteiger partial charge in [-0.15, -0.1) is 0 Å². The average Bonchev–Trinajstić information content (AvgIpc) is 2.92. The van der Waals surface area contributed by atoms with Crippen molar-refractivity contribution in [1.29, 1.82) is 0 Å². The highest BCUT2D eigenvalue weighted by Gasteiger charge is 2.51. The van der Waals surface area contributed by atoms with Gasteiger partial charge in [0.05, 0.1) is 17.4 Å². The number of nitrogens with zero attached hydrogens (tertiary/aromatic N) is 3. The predicted molar refractivity (Wildman–Crippen MR) is 81.8 cm³/mol. The molecule has 1 aliphatic rings. The maximum atomic E-state index is 6.02. The summed E-state index contributed by atoms with van der Waals surface area (Å²) in [6.45, 7) is 10.2. The van der Waals surface area contributed by atoms with Gasteiger partial charge in [0.2, 0.25) is 0 Å². The highest BCUT2D eigenvalue weighted by Crippen LogP contribution is 2.36. The molecule has 5 nitrogen and oxygen atoms in total. The van der Waals surface area contributed by atoms with Crippen LogP contribution in [0.5, 0.6) is 0 Å². The van der Waals surface area contributed by atoms with Gasteiger partial charge >= 0.3 is 7.12 Å². The second-order valence-electron chi connectivity index (χ2n) is 6.50. The van der Waals surface area contributed by atoms with Crippen LogP contribution < -0.4 is 5.46 Å². The van der Waals surface area contributed by atoms with E-state index >= 15 is 0 Å². The highest BCUT2D eigenvalue weighted by molar-refractivity contribution is 6.62. The molecule has 6 heteroatoms. The van der Waals surface area contributed by atoms with Crippen molar-refractivity contribution in [1.82, 2.24) is 14.8 Å². The summed E-state index contributed by atoms with van der Waals surface area (Å²) in [6, 6.07) is 3.90. The zero-order chi connectivity index (χ0) is 15.3. The minimum atomic E-state index is -0.379. The molecule has 2 aromatic rings. The third kappa shape index (κ3) is 2.49. The first-order chi connectivity index (χ1) is 9.78. The van der Waals surface area contributed by atoms with Gasteiger partial charge in [0.25, 0.3) is 0 Å². The standard InChI is InChI=1S/C15H20BN3O2/c1-11-8-18-19(10-11)13-7-6-12(9-17-13)16-20-14(2,3)15(4,5)21-16/h6-10H,1-5H3. The fourth-order valence-electron chi connectivity index (χ4n) is 2.19. The van der Waals surface area contributed by atoms with Crippen molar-refractivity contribution in [3.63, 3.8) is 0 Å². The summed E-state index contributed by atoms with van der Waals surface area (Å²) in [4.78, 5) is 4.44. The van der Waals surface area contributed by atoms with Gasteiger partial charge < -0.3 is 9.31 Å². The Morgan fingerprint density at radius 1 is 1.05 bits per heavy atom. The quantitative estimate of drug-likeness (QED) is 0.790. The molecule has 0 aromatic carbocycles. The fraction of sp³-hybridized carbons (Fsp3) is 0.467. The summed E-state index contributed by atoms with van der Waals surface area (Å²) in [5, 5.41) is 4.25. The van der Waals surface area contributed by atoms with Gasteiger partial charge in [-0.05, 0) is 46.2 Å². The van der Waals surface area contributed by atoms with Gasteiger partial charge in [0, 0.05) is 17.9 Å². The van der Waals surface area contributed by atoms with Gasteiger partial charge in [0.1, 0.15) is 0 Å². The highest BCUT2D eigenvalue weighted by atomic mass is 16.7. The van der Waals surface area contributed by atoms with E-state index in [-0.39, 0.29) is 18.3 Å². The van der Waals surface area contributed by atoms with E-state index in [2.05, 4.69) is 10.1 Å². The first kappa shape index (κ1) is 14.3. The molecular formula is C15H20BN3O2. The van der Waals surface area contributed by atoms with Crippen LogP contribution in [0.1, 0.15) is 33.3 Å². The fourth-order valence-corrected chi connectivity index (χ4v) is 2.19. The van der Waals surface area contributed by atoms with Crippen LogP contribution >= 0.6 is 0 Å². The van der Waals surface area contributed by atoms with Crippen molar-refractivity contribution in [2.45, 2.75) is 45.8 Å². The van der Waals surface area contributed by atoms with Crippen LogP contribution in [0.25, 0.3) is 5.82 Å². The van der Waals surface area contributed by atoms with Crippen molar-refractivity contribution in [2.75, 3.05) is 0 Å². The lowest BCUT2D eigenvalue weighted by Crippen LogP contribution is -2.41. The van der Waals surface area contributed by atoms with Crippen LogP contribution in [0.4, 0.5) is 0 Å². The Hall–Kier alpha value is -1.66. The monoisotopic (exact) mass is 285 g/mol. The summed E-state index contributed by atoms with van der Waals surface area (Å²) in [6.07, 6.45) is 5.54. The number of hydrogen-bond donors (Lipinski definition) is 0. The Labute approximate surface area is 125 Å². The van der Waals surface area contributed by atoms with Gasteiger partial charge in [-0.1, -0.05) is 6.07 Å². The Bertz CT molecular complexity index is 633. The Morgan fingerprint density at radius 2 is 1.71 bits per heavy atom. The van der Waals surface area contributed by atoms with E-state index in [0.717, 1.165) is 16.8 Å². The average molecular weight is 285 g/mol. The smallest absolute Gasteiger partial charge is 0.399 e. The van der Waals surface area contributed by atoms with E-state index in [9.17, 15) is 0 Å². The maximum absolute atomic E-state index is 6.02. The second kappa shape index (κ2) is 4.68. The van der Waals surface area contributed by atoms with Gasteiger partial charge in [-0.25, -0.2) is 9.67 Å². The molecule has 2 aromatic heterocycles. The molecule has 3 rings (SSSR count). The Kier molecular flexibility index (Phi) is 3.18. The summed E-state index contributed by atoms with van der Waals surface area (Å²) >= 11 is 0. The molecule has 21 heavy (non-hydrogen) atoms. The predicted octanol–water partition coefficient (Wildman–Crippen LogP) is 1.87. The van der Waals surface area contributed by atoms with Crippen molar-refractivity contribution in [3.05, 3.63) is 36.3 Å². The molecule has 0 N–H and O–H groups in total. The Morgan fingerprint density at radius 3 is 2.19 bits per heavy atom. The van der Waals surface area contributed by atoms with Crippen LogP contribution in [-0.2, 0) is 9.31 Å². The summed E-state index contributed by atoms with van der Waals surface area (Å²) < 4.78 is 13.8. The minimum absolute atomic E-state index is 0.338. The number of aromatic nitrogens is 3. The lowest BCUT2D eigenvalue weighted by Gasteiger charge is -2.32. The van der Waals surface area contributed by atoms with Crippen LogP contribution in [0.3, 0.4) is 0 Å². The van der Waals surface area contributed by atoms with Crippen LogP contribution in [0.2, 0.25) is 0 Å². The summed E-state index contributed by atoms with van der Waals surface area (Å²) in [5.74, 6) is 0.781. The lowest BCUT2D eigenvalue weighted by atomic mass is 9.80. The van der Waals surface area contributed by atoms with E-state index in [4.69, 9.17) is 9.31 Å². The zero-order valence-corrected chi connectivity index (χ0v) is 13.1. The van der Waals surface area contributed by atoms with Crippen molar-refractivity contribution in [2.24, 2.45) is 0 Å². The van der Waals surface area contributed by atoms with E-state index in [1.165, 1.54) is 0 Å². The SMILES string of the molecule is Cc1cnn(-c2ccc(B3OC(C)(C)C(C)(C)O3)cn2)c1. The molecule has 0 bridgehead atoms. The van der Waals surface area contributed by atoms with E-state index < -0.39 is 0 Å². The van der Waals surface area contributed by atoms with Crippen molar-refractivity contribution < 1.29 is 9.31 Å². The minimum Gasteiger partial charge on any atom is -0.399 e. The van der Waals surface area contributed by atoms with E-state index in [1.807, 2.05) is 59.1 Å². The second-order valence-corrected chi connectivity index (χ2v) is 6.50. The molecule has 0 saturated carbocycles. The first-order valence-electron chi connectivity index (χ1n) is 7.12. The summed E-state index contributed by atoms with van der Waals surface area (Å²) in [5.41, 5.74) is 1.35. The molecule has 1 aliphatic heterocycles. The van der Waals surface area contributed by atoms with Crippen LogP contribution in [-0.4, -0.2) is 33.1 Å². The largest absolute Gasteiger partial charge is 0.496 e. The number of hydrogen-bond acceptors (Lipinski definition) is 4. The topological polar surface area (TPSA) is 49.2 Å².